The van der Waals surface area contributed by atoms with Crippen molar-refractivity contribution in [2.45, 2.75) is 37.8 Å². The quantitative estimate of drug-likeness (QED) is 0.287. The molecule has 2 atom stereocenters. The van der Waals surface area contributed by atoms with Gasteiger partial charge in [-0.1, -0.05) is 48.5 Å². The van der Waals surface area contributed by atoms with Gasteiger partial charge in [-0.25, -0.2) is 0 Å². The van der Waals surface area contributed by atoms with Crippen LogP contribution in [-0.2, 0) is 25.7 Å². The van der Waals surface area contributed by atoms with Crippen molar-refractivity contribution in [1.82, 2.24) is 10.2 Å². The van der Waals surface area contributed by atoms with Gasteiger partial charge in [0.1, 0.15) is 0 Å². The predicted molar refractivity (Wildman–Crippen MR) is 161 cm³/mol. The Hall–Kier alpha value is -4.00. The number of hydrogen-bond donors (Lipinski definition) is 3. The van der Waals surface area contributed by atoms with Crippen molar-refractivity contribution in [3.05, 3.63) is 94.0 Å². The van der Waals surface area contributed by atoms with Gasteiger partial charge in [0.05, 0.1) is 14.2 Å². The third-order valence-corrected chi connectivity index (χ3v) is 9.40. The lowest BCUT2D eigenvalue weighted by atomic mass is 9.77. The third-order valence-electron chi connectivity index (χ3n) is 9.40. The van der Waals surface area contributed by atoms with Gasteiger partial charge in [0.15, 0.2) is 23.0 Å². The molecular formula is C35H36N2O4. The van der Waals surface area contributed by atoms with E-state index in [-0.39, 0.29) is 11.5 Å². The zero-order chi connectivity index (χ0) is 28.2. The van der Waals surface area contributed by atoms with E-state index >= 15 is 0 Å². The molecule has 3 N–H and O–H groups in total. The van der Waals surface area contributed by atoms with Crippen molar-refractivity contribution < 1.29 is 19.7 Å². The molecule has 2 heterocycles. The molecule has 0 aromatic heterocycles. The molecule has 4 aliphatic rings. The van der Waals surface area contributed by atoms with Crippen LogP contribution in [0.5, 0.6) is 23.0 Å². The van der Waals surface area contributed by atoms with Gasteiger partial charge in [0.2, 0.25) is 0 Å². The number of hydrogen-bond acceptors (Lipinski definition) is 6. The van der Waals surface area contributed by atoms with E-state index in [0.717, 1.165) is 55.5 Å². The lowest BCUT2D eigenvalue weighted by molar-refractivity contribution is 0.228. The van der Waals surface area contributed by atoms with Crippen molar-refractivity contribution >= 4 is 0 Å². The van der Waals surface area contributed by atoms with Gasteiger partial charge in [-0.15, -0.1) is 0 Å². The standard InChI is InChI=1S/C18H19NO2.C17H17NO2/c1-19-9-8-11-4-3-5-13-16(11)14(19)10-12-6-7-15(21-2)18(20)17(12)13;1-20-14-6-5-11-9-13-15-10(7-8-18-13)3-2-4-12(15)16(11)17(14)19/h3-7,14,20H,8-10H2,1-2H3;2-6,13,18-19H,7-9H2,1H3/t14-;13-/m11/s1. The van der Waals surface area contributed by atoms with Crippen LogP contribution in [0.3, 0.4) is 0 Å². The molecule has 6 nitrogen and oxygen atoms in total. The van der Waals surface area contributed by atoms with Crippen molar-refractivity contribution in [1.29, 1.82) is 0 Å². The van der Waals surface area contributed by atoms with Gasteiger partial charge in [-0.2, -0.15) is 0 Å². The van der Waals surface area contributed by atoms with Gasteiger partial charge in [0, 0.05) is 29.8 Å². The van der Waals surface area contributed by atoms with Gasteiger partial charge in [0.25, 0.3) is 0 Å². The van der Waals surface area contributed by atoms with E-state index < -0.39 is 0 Å². The van der Waals surface area contributed by atoms with Crippen LogP contribution < -0.4 is 14.8 Å². The van der Waals surface area contributed by atoms with E-state index in [0.29, 0.717) is 23.6 Å². The summed E-state index contributed by atoms with van der Waals surface area (Å²) >= 11 is 0. The highest BCUT2D eigenvalue weighted by Gasteiger charge is 2.34. The second kappa shape index (κ2) is 10.1. The Labute approximate surface area is 241 Å². The number of nitrogens with one attached hydrogen (secondary N) is 1. The van der Waals surface area contributed by atoms with Crippen molar-refractivity contribution in [3.8, 4) is 45.3 Å². The highest BCUT2D eigenvalue weighted by molar-refractivity contribution is 5.83. The predicted octanol–water partition coefficient (Wildman–Crippen LogP) is 5.96. The minimum absolute atomic E-state index is 0.266. The Kier molecular flexibility index (Phi) is 6.40. The maximum atomic E-state index is 10.6. The zero-order valence-electron chi connectivity index (χ0n) is 23.8. The van der Waals surface area contributed by atoms with E-state index in [4.69, 9.17) is 9.47 Å². The Morgan fingerprint density at radius 3 is 1.93 bits per heavy atom. The average Bonchev–Trinajstić information content (AvgIpc) is 3.00. The molecule has 0 radical (unpaired) electrons. The molecule has 0 bridgehead atoms. The largest absolute Gasteiger partial charge is 0.504 e. The molecule has 8 rings (SSSR count). The fraction of sp³-hybridized carbons (Fsp3) is 0.314. The molecule has 210 valence electrons. The number of rotatable bonds is 2. The summed E-state index contributed by atoms with van der Waals surface area (Å²) in [7, 11) is 5.38. The van der Waals surface area contributed by atoms with E-state index in [1.54, 1.807) is 14.2 Å². The smallest absolute Gasteiger partial charge is 0.165 e. The average molecular weight is 549 g/mol. The summed E-state index contributed by atoms with van der Waals surface area (Å²) in [5.41, 5.74) is 12.2. The first-order valence-electron chi connectivity index (χ1n) is 14.5. The van der Waals surface area contributed by atoms with E-state index in [1.807, 2.05) is 12.1 Å². The van der Waals surface area contributed by atoms with Gasteiger partial charge < -0.3 is 25.0 Å². The minimum atomic E-state index is 0.266. The fourth-order valence-corrected chi connectivity index (χ4v) is 7.42. The molecule has 0 amide bonds. The number of benzene rings is 4. The fourth-order valence-electron chi connectivity index (χ4n) is 7.42. The van der Waals surface area contributed by atoms with Crippen LogP contribution in [0.25, 0.3) is 22.3 Å². The monoisotopic (exact) mass is 548 g/mol. The number of nitrogens with zero attached hydrogens (tertiary/aromatic N) is 1. The molecule has 0 saturated carbocycles. The molecule has 0 unspecified atom stereocenters. The normalized spacial score (nSPS) is 19.5. The SMILES string of the molecule is COc1ccc2c(c1O)-c1cccc3c1[C@@H](C2)N(C)CC3.COc1ccc2c(c1O)-c1cccc3c1[C@@H](C2)NCC3. The first-order chi connectivity index (χ1) is 20.0. The second-order valence-electron chi connectivity index (χ2n) is 11.5. The molecule has 4 aromatic rings. The Morgan fingerprint density at radius 1 is 0.707 bits per heavy atom. The van der Waals surface area contributed by atoms with E-state index in [9.17, 15) is 10.2 Å². The first-order valence-corrected chi connectivity index (χ1v) is 14.5. The molecule has 0 fully saturated rings. The third kappa shape index (κ3) is 4.08. The maximum absolute atomic E-state index is 10.6. The first kappa shape index (κ1) is 25.9. The summed E-state index contributed by atoms with van der Waals surface area (Å²) in [6.45, 7) is 2.12. The van der Waals surface area contributed by atoms with Crippen molar-refractivity contribution in [2.75, 3.05) is 34.4 Å². The summed E-state index contributed by atoms with van der Waals surface area (Å²) in [6, 6.07) is 21.5. The minimum Gasteiger partial charge on any atom is -0.504 e. The summed E-state index contributed by atoms with van der Waals surface area (Å²) in [6.07, 6.45) is 4.01. The summed E-state index contributed by atoms with van der Waals surface area (Å²) in [5, 5.41) is 24.7. The highest BCUT2D eigenvalue weighted by Crippen LogP contribution is 2.51. The van der Waals surface area contributed by atoms with Crippen molar-refractivity contribution in [2.24, 2.45) is 0 Å². The van der Waals surface area contributed by atoms with Crippen LogP contribution in [-0.4, -0.2) is 49.5 Å². The Morgan fingerprint density at radius 2 is 1.29 bits per heavy atom. The van der Waals surface area contributed by atoms with E-state index in [1.165, 1.54) is 38.9 Å². The van der Waals surface area contributed by atoms with Gasteiger partial charge in [-0.05, 0) is 95.9 Å². The van der Waals surface area contributed by atoms with E-state index in [2.05, 4.69) is 65.8 Å². The zero-order valence-corrected chi connectivity index (χ0v) is 23.8. The lowest BCUT2D eigenvalue weighted by Gasteiger charge is -2.39. The number of aromatic hydroxyl groups is 2. The topological polar surface area (TPSA) is 74.2 Å². The van der Waals surface area contributed by atoms with Crippen LogP contribution >= 0.6 is 0 Å². The molecule has 6 heteroatoms. The van der Waals surface area contributed by atoms with Gasteiger partial charge in [-0.3, -0.25) is 4.90 Å². The summed E-state index contributed by atoms with van der Waals surface area (Å²) in [5.74, 6) is 1.63. The van der Waals surface area contributed by atoms with Gasteiger partial charge >= 0.3 is 0 Å². The Bertz CT molecular complexity index is 1660. The van der Waals surface area contributed by atoms with Crippen LogP contribution in [0.1, 0.15) is 45.5 Å². The lowest BCUT2D eigenvalue weighted by Crippen LogP contribution is -2.35. The van der Waals surface area contributed by atoms with Crippen molar-refractivity contribution in [3.63, 3.8) is 0 Å². The number of ether oxygens (including phenoxy) is 2. The molecule has 2 aliphatic carbocycles. The van der Waals surface area contributed by atoms with Crippen LogP contribution in [0.4, 0.5) is 0 Å². The molecule has 0 saturated heterocycles. The number of phenols is 2. The van der Waals surface area contributed by atoms with Crippen LogP contribution in [0.15, 0.2) is 60.7 Å². The molecule has 4 aromatic carbocycles. The molecule has 41 heavy (non-hydrogen) atoms. The molecule has 2 aliphatic heterocycles. The van der Waals surface area contributed by atoms with Crippen LogP contribution in [0, 0.1) is 0 Å². The van der Waals surface area contributed by atoms with Crippen LogP contribution in [0.2, 0.25) is 0 Å². The second-order valence-corrected chi connectivity index (χ2v) is 11.5. The highest BCUT2D eigenvalue weighted by atomic mass is 16.5. The number of methoxy groups -OCH3 is 2. The summed E-state index contributed by atoms with van der Waals surface area (Å²) in [4.78, 5) is 2.43. The molecular weight excluding hydrogens is 512 g/mol. The summed E-state index contributed by atoms with van der Waals surface area (Å²) < 4.78 is 10.5. The maximum Gasteiger partial charge on any atom is 0.165 e. The number of fused-ring (bicyclic) bond motifs is 4. The molecule has 0 spiro atoms. The Balaban J connectivity index is 0.000000135. The number of phenolic OH excluding ortho intramolecular Hbond substituents is 2. The number of likely N-dealkylation sites (N-methyl/N-ethyl adjacent to an activating group) is 1.